The fourth-order valence-corrected chi connectivity index (χ4v) is 3.21. The topological polar surface area (TPSA) is 60.0 Å². The molecule has 2 bridgehead atoms. The summed E-state index contributed by atoms with van der Waals surface area (Å²) in [6.45, 7) is 2.52. The van der Waals surface area contributed by atoms with Gasteiger partial charge in [-0.1, -0.05) is 6.07 Å². The minimum atomic E-state index is 0.101. The van der Waals surface area contributed by atoms with E-state index in [0.29, 0.717) is 18.4 Å². The van der Waals surface area contributed by atoms with Crippen LogP contribution in [0.15, 0.2) is 23.0 Å². The number of rotatable bonds is 1. The molecule has 2 aliphatic rings. The first kappa shape index (κ1) is 10.1. The molecule has 0 saturated carbocycles. The maximum absolute atomic E-state index is 12.0. The van der Waals surface area contributed by atoms with Crippen molar-refractivity contribution in [2.75, 3.05) is 19.6 Å². The lowest BCUT2D eigenvalue weighted by molar-refractivity contribution is 0.199. The van der Waals surface area contributed by atoms with Crippen LogP contribution in [0.2, 0.25) is 0 Å². The molecule has 4 heteroatoms. The molecule has 1 fully saturated rings. The summed E-state index contributed by atoms with van der Waals surface area (Å²) in [7, 11) is 0. The van der Waals surface area contributed by atoms with Crippen molar-refractivity contribution in [3.63, 3.8) is 0 Å². The second-order valence-electron chi connectivity index (χ2n) is 4.81. The molecule has 0 amide bonds. The lowest BCUT2D eigenvalue weighted by Gasteiger charge is -2.42. The third kappa shape index (κ3) is 1.33. The number of hydrogen-bond acceptors (Lipinski definition) is 3. The van der Waals surface area contributed by atoms with Gasteiger partial charge in [0.15, 0.2) is 0 Å². The average Bonchev–Trinajstić information content (AvgIpc) is 2.31. The van der Waals surface area contributed by atoms with Gasteiger partial charge >= 0.3 is 0 Å². The van der Waals surface area contributed by atoms with Crippen molar-refractivity contribution in [1.29, 1.82) is 0 Å². The molecule has 4 nitrogen and oxygen atoms in total. The zero-order chi connectivity index (χ0) is 11.1. The van der Waals surface area contributed by atoms with E-state index in [1.807, 2.05) is 10.6 Å². The second-order valence-corrected chi connectivity index (χ2v) is 4.81. The Bertz CT molecular complexity index is 454. The van der Waals surface area contributed by atoms with E-state index < -0.39 is 0 Å². The van der Waals surface area contributed by atoms with E-state index >= 15 is 0 Å². The van der Waals surface area contributed by atoms with E-state index in [2.05, 4.69) is 11.4 Å². The molecular formula is C12H17N3O. The number of fused-ring (bicyclic) bond motifs is 4. The van der Waals surface area contributed by atoms with Crippen molar-refractivity contribution in [3.8, 4) is 0 Å². The van der Waals surface area contributed by atoms with Gasteiger partial charge in [-0.2, -0.15) is 0 Å². The van der Waals surface area contributed by atoms with Crippen LogP contribution in [-0.4, -0.2) is 24.2 Å². The molecule has 2 aliphatic heterocycles. The molecule has 1 aromatic rings. The van der Waals surface area contributed by atoms with Crippen LogP contribution >= 0.6 is 0 Å². The highest BCUT2D eigenvalue weighted by atomic mass is 16.1. The SMILES string of the molecule is NC[C@H]1[C@@H]2CNC[C@@H](C2)c2cccc(=O)n21. The minimum Gasteiger partial charge on any atom is -0.328 e. The maximum atomic E-state index is 12.0. The second kappa shape index (κ2) is 3.71. The standard InChI is InChI=1S/C12H17N3O/c13-5-11-9-4-8(6-14-7-9)10-2-1-3-12(16)15(10)11/h1-3,8-9,11,14H,4-7,13H2/t8-,9+,11+/m1/s1. The summed E-state index contributed by atoms with van der Waals surface area (Å²) < 4.78 is 1.93. The number of nitrogens with one attached hydrogen (secondary N) is 1. The Kier molecular flexibility index (Phi) is 2.33. The van der Waals surface area contributed by atoms with Crippen LogP contribution in [0.3, 0.4) is 0 Å². The number of nitrogens with two attached hydrogens (primary N) is 1. The number of nitrogens with zero attached hydrogens (tertiary/aromatic N) is 1. The third-order valence-corrected chi connectivity index (χ3v) is 3.94. The molecule has 0 aliphatic carbocycles. The van der Waals surface area contributed by atoms with Gasteiger partial charge in [0.25, 0.3) is 5.56 Å². The minimum absolute atomic E-state index is 0.101. The smallest absolute Gasteiger partial charge is 0.251 e. The van der Waals surface area contributed by atoms with Gasteiger partial charge in [0.05, 0.1) is 6.04 Å². The molecule has 0 radical (unpaired) electrons. The van der Waals surface area contributed by atoms with Gasteiger partial charge in [-0.15, -0.1) is 0 Å². The summed E-state index contributed by atoms with van der Waals surface area (Å²) in [5.41, 5.74) is 7.10. The van der Waals surface area contributed by atoms with E-state index in [0.717, 1.165) is 18.8 Å². The molecule has 0 aromatic carbocycles. The highest BCUT2D eigenvalue weighted by molar-refractivity contribution is 5.19. The molecular weight excluding hydrogens is 202 g/mol. The quantitative estimate of drug-likeness (QED) is 0.702. The monoisotopic (exact) mass is 219 g/mol. The third-order valence-electron chi connectivity index (χ3n) is 3.94. The normalized spacial score (nSPS) is 32.2. The highest BCUT2D eigenvalue weighted by Gasteiger charge is 2.36. The van der Waals surface area contributed by atoms with Crippen molar-refractivity contribution in [2.45, 2.75) is 18.4 Å². The molecule has 1 saturated heterocycles. The first-order valence-electron chi connectivity index (χ1n) is 5.93. The van der Waals surface area contributed by atoms with E-state index in [9.17, 15) is 4.79 Å². The van der Waals surface area contributed by atoms with Gasteiger partial charge in [0.2, 0.25) is 0 Å². The molecule has 3 rings (SSSR count). The summed E-state index contributed by atoms with van der Waals surface area (Å²) in [6.07, 6.45) is 1.16. The van der Waals surface area contributed by atoms with Gasteiger partial charge in [-0.3, -0.25) is 4.79 Å². The first-order valence-corrected chi connectivity index (χ1v) is 5.93. The van der Waals surface area contributed by atoms with Crippen molar-refractivity contribution >= 4 is 0 Å². The molecule has 1 aromatic heterocycles. The van der Waals surface area contributed by atoms with Gasteiger partial charge in [-0.25, -0.2) is 0 Å². The van der Waals surface area contributed by atoms with E-state index in [-0.39, 0.29) is 11.6 Å². The van der Waals surface area contributed by atoms with Crippen LogP contribution in [0.25, 0.3) is 0 Å². The maximum Gasteiger partial charge on any atom is 0.251 e. The van der Waals surface area contributed by atoms with Crippen molar-refractivity contribution < 1.29 is 0 Å². The van der Waals surface area contributed by atoms with E-state index in [1.54, 1.807) is 6.07 Å². The fourth-order valence-electron chi connectivity index (χ4n) is 3.21. The van der Waals surface area contributed by atoms with Crippen molar-refractivity contribution in [3.05, 3.63) is 34.2 Å². The fraction of sp³-hybridized carbons (Fsp3) is 0.583. The van der Waals surface area contributed by atoms with Crippen LogP contribution in [0, 0.1) is 5.92 Å². The zero-order valence-electron chi connectivity index (χ0n) is 9.23. The lowest BCUT2D eigenvalue weighted by atomic mass is 9.79. The zero-order valence-corrected chi connectivity index (χ0v) is 9.23. The first-order chi connectivity index (χ1) is 7.81. The van der Waals surface area contributed by atoms with Gasteiger partial charge in [0.1, 0.15) is 0 Å². The van der Waals surface area contributed by atoms with Crippen molar-refractivity contribution in [1.82, 2.24) is 9.88 Å². The Hall–Kier alpha value is -1.13. The Morgan fingerprint density at radius 2 is 2.31 bits per heavy atom. The van der Waals surface area contributed by atoms with Gasteiger partial charge < -0.3 is 15.6 Å². The number of pyridine rings is 1. The average molecular weight is 219 g/mol. The van der Waals surface area contributed by atoms with Gasteiger partial charge in [0, 0.05) is 37.3 Å². The molecule has 0 spiro atoms. The van der Waals surface area contributed by atoms with Crippen LogP contribution < -0.4 is 16.6 Å². The Labute approximate surface area is 94.5 Å². The number of piperidine rings is 1. The summed E-state index contributed by atoms with van der Waals surface area (Å²) in [4.78, 5) is 12.0. The largest absolute Gasteiger partial charge is 0.328 e. The van der Waals surface area contributed by atoms with Crippen LogP contribution in [-0.2, 0) is 0 Å². The highest BCUT2D eigenvalue weighted by Crippen LogP contribution is 2.37. The molecule has 3 N–H and O–H groups in total. The summed E-state index contributed by atoms with van der Waals surface area (Å²) in [6, 6.07) is 5.74. The van der Waals surface area contributed by atoms with Gasteiger partial charge in [-0.05, 0) is 18.4 Å². The number of hydrogen-bond donors (Lipinski definition) is 2. The van der Waals surface area contributed by atoms with Crippen LogP contribution in [0.4, 0.5) is 0 Å². The lowest BCUT2D eigenvalue weighted by Crippen LogP contribution is -2.49. The molecule has 86 valence electrons. The molecule has 16 heavy (non-hydrogen) atoms. The predicted octanol–water partition coefficient (Wildman–Crippen LogP) is 0.0548. The summed E-state index contributed by atoms with van der Waals surface area (Å²) in [5.74, 6) is 0.992. The predicted molar refractivity (Wildman–Crippen MR) is 62.5 cm³/mol. The Morgan fingerprint density at radius 1 is 1.44 bits per heavy atom. The molecule has 3 atom stereocenters. The van der Waals surface area contributed by atoms with Crippen molar-refractivity contribution in [2.24, 2.45) is 11.7 Å². The summed E-state index contributed by atoms with van der Waals surface area (Å²) >= 11 is 0. The number of aromatic nitrogens is 1. The van der Waals surface area contributed by atoms with Crippen LogP contribution in [0.1, 0.15) is 24.1 Å². The summed E-state index contributed by atoms with van der Waals surface area (Å²) in [5, 5.41) is 3.44. The Balaban J connectivity index is 2.18. The van der Waals surface area contributed by atoms with Crippen LogP contribution in [0.5, 0.6) is 0 Å². The van der Waals surface area contributed by atoms with E-state index in [1.165, 1.54) is 6.42 Å². The Morgan fingerprint density at radius 3 is 3.12 bits per heavy atom. The molecule has 3 heterocycles. The molecule has 0 unspecified atom stereocenters. The van der Waals surface area contributed by atoms with E-state index in [4.69, 9.17) is 5.73 Å².